The van der Waals surface area contributed by atoms with Crippen LogP contribution in [-0.2, 0) is 6.54 Å². The minimum absolute atomic E-state index is 0.190. The zero-order valence-corrected chi connectivity index (χ0v) is 13.4. The molecule has 0 aliphatic rings. The Kier molecular flexibility index (Phi) is 5.02. The highest BCUT2D eigenvalue weighted by atomic mass is 35.5. The van der Waals surface area contributed by atoms with Crippen molar-refractivity contribution in [2.45, 2.75) is 26.3 Å². The smallest absolute Gasteiger partial charge is 0.251 e. The fourth-order valence-electron chi connectivity index (χ4n) is 1.57. The van der Waals surface area contributed by atoms with E-state index in [1.54, 1.807) is 29.5 Å². The third kappa shape index (κ3) is 3.72. The minimum atomic E-state index is -0.190. The molecule has 6 heteroatoms. The van der Waals surface area contributed by atoms with Gasteiger partial charge in [0.2, 0.25) is 0 Å². The minimum Gasteiger partial charge on any atom is -0.346 e. The lowest BCUT2D eigenvalue weighted by Gasteiger charge is -2.04. The van der Waals surface area contributed by atoms with Gasteiger partial charge in [-0.3, -0.25) is 4.79 Å². The molecule has 0 bridgehead atoms. The maximum absolute atomic E-state index is 12.0. The number of nitrogens with zero attached hydrogens (tertiary/aromatic N) is 1. The van der Waals surface area contributed by atoms with E-state index in [1.165, 1.54) is 0 Å². The van der Waals surface area contributed by atoms with E-state index in [-0.39, 0.29) is 5.91 Å². The highest BCUT2D eigenvalue weighted by Crippen LogP contribution is 2.22. The second-order valence-electron chi connectivity index (χ2n) is 4.63. The second kappa shape index (κ2) is 6.57. The first-order chi connectivity index (χ1) is 9.47. The maximum Gasteiger partial charge on any atom is 0.251 e. The molecule has 1 heterocycles. The number of rotatable bonds is 4. The molecule has 0 fully saturated rings. The molecular formula is C14H14Cl2N2OS. The molecule has 3 nitrogen and oxygen atoms in total. The van der Waals surface area contributed by atoms with Crippen LogP contribution < -0.4 is 5.32 Å². The van der Waals surface area contributed by atoms with Crippen molar-refractivity contribution in [3.63, 3.8) is 0 Å². The number of nitrogens with one attached hydrogen (secondary N) is 1. The first-order valence-corrected chi connectivity index (χ1v) is 7.78. The summed E-state index contributed by atoms with van der Waals surface area (Å²) in [7, 11) is 0. The molecule has 1 aromatic carbocycles. The van der Waals surface area contributed by atoms with E-state index in [0.29, 0.717) is 28.1 Å². The standard InChI is InChI=1S/C14H14Cl2N2OS/c1-8(2)12-7-20-13(18-12)6-17-14(19)9-3-4-10(15)11(16)5-9/h3-5,7-8H,6H2,1-2H3,(H,17,19). The van der Waals surface area contributed by atoms with Crippen LogP contribution >= 0.6 is 34.5 Å². The van der Waals surface area contributed by atoms with E-state index in [4.69, 9.17) is 23.2 Å². The molecule has 106 valence electrons. The molecule has 0 unspecified atom stereocenters. The Morgan fingerprint density at radius 2 is 2.10 bits per heavy atom. The lowest BCUT2D eigenvalue weighted by atomic mass is 10.2. The molecule has 2 rings (SSSR count). The highest BCUT2D eigenvalue weighted by Gasteiger charge is 2.10. The number of amides is 1. The monoisotopic (exact) mass is 328 g/mol. The van der Waals surface area contributed by atoms with Crippen molar-refractivity contribution in [2.24, 2.45) is 0 Å². The topological polar surface area (TPSA) is 42.0 Å². The van der Waals surface area contributed by atoms with Crippen molar-refractivity contribution in [1.82, 2.24) is 10.3 Å². The molecule has 1 N–H and O–H groups in total. The molecule has 2 aromatic rings. The van der Waals surface area contributed by atoms with Gasteiger partial charge in [0.1, 0.15) is 5.01 Å². The molecule has 20 heavy (non-hydrogen) atoms. The fraction of sp³-hybridized carbons (Fsp3) is 0.286. The summed E-state index contributed by atoms with van der Waals surface area (Å²) in [6, 6.07) is 4.81. The Bertz CT molecular complexity index is 625. The number of hydrogen-bond donors (Lipinski definition) is 1. The summed E-state index contributed by atoms with van der Waals surface area (Å²) in [6.45, 7) is 4.59. The van der Waals surface area contributed by atoms with E-state index in [2.05, 4.69) is 24.1 Å². The van der Waals surface area contributed by atoms with Crippen LogP contribution in [0, 0.1) is 0 Å². The summed E-state index contributed by atoms with van der Waals surface area (Å²) in [4.78, 5) is 16.4. The van der Waals surface area contributed by atoms with Crippen LogP contribution in [0.4, 0.5) is 0 Å². The summed E-state index contributed by atoms with van der Waals surface area (Å²) in [5, 5.41) is 6.54. The van der Waals surface area contributed by atoms with Crippen LogP contribution in [0.3, 0.4) is 0 Å². The number of benzene rings is 1. The largest absolute Gasteiger partial charge is 0.346 e. The zero-order chi connectivity index (χ0) is 14.7. The average molecular weight is 329 g/mol. The third-order valence-corrected chi connectivity index (χ3v) is 4.35. The van der Waals surface area contributed by atoms with Crippen molar-refractivity contribution in [3.05, 3.63) is 49.9 Å². The SMILES string of the molecule is CC(C)c1csc(CNC(=O)c2ccc(Cl)c(Cl)c2)n1. The van der Waals surface area contributed by atoms with Crippen LogP contribution in [0.25, 0.3) is 0 Å². The van der Waals surface area contributed by atoms with Crippen molar-refractivity contribution in [1.29, 1.82) is 0 Å². The molecule has 0 aliphatic heterocycles. The number of aromatic nitrogens is 1. The molecule has 0 spiro atoms. The second-order valence-corrected chi connectivity index (χ2v) is 6.39. The molecule has 1 aromatic heterocycles. The van der Waals surface area contributed by atoms with Crippen molar-refractivity contribution < 1.29 is 4.79 Å². The maximum atomic E-state index is 12.0. The van der Waals surface area contributed by atoms with Crippen LogP contribution in [-0.4, -0.2) is 10.9 Å². The molecule has 0 saturated heterocycles. The van der Waals surface area contributed by atoms with Gasteiger partial charge in [-0.1, -0.05) is 37.0 Å². The quantitative estimate of drug-likeness (QED) is 0.897. The fourth-order valence-corrected chi connectivity index (χ4v) is 2.76. The van der Waals surface area contributed by atoms with Gasteiger partial charge in [0.25, 0.3) is 5.91 Å². The van der Waals surface area contributed by atoms with E-state index < -0.39 is 0 Å². The Hall–Kier alpha value is -1.10. The Labute approximate surface area is 131 Å². The molecule has 1 amide bonds. The summed E-state index contributed by atoms with van der Waals surface area (Å²) in [5.41, 5.74) is 1.54. The molecule has 0 atom stereocenters. The van der Waals surface area contributed by atoms with Crippen molar-refractivity contribution in [3.8, 4) is 0 Å². The Balaban J connectivity index is 1.99. The first kappa shape index (κ1) is 15.3. The zero-order valence-electron chi connectivity index (χ0n) is 11.1. The van der Waals surface area contributed by atoms with Gasteiger partial charge >= 0.3 is 0 Å². The Morgan fingerprint density at radius 3 is 2.70 bits per heavy atom. The summed E-state index contributed by atoms with van der Waals surface area (Å²) >= 11 is 13.3. The van der Waals surface area contributed by atoms with Crippen LogP contribution in [0.15, 0.2) is 23.6 Å². The normalized spacial score (nSPS) is 10.8. The lowest BCUT2D eigenvalue weighted by molar-refractivity contribution is 0.0951. The van der Waals surface area contributed by atoms with Gasteiger partial charge in [0.15, 0.2) is 0 Å². The van der Waals surface area contributed by atoms with Crippen molar-refractivity contribution in [2.75, 3.05) is 0 Å². The van der Waals surface area contributed by atoms with E-state index in [0.717, 1.165) is 10.7 Å². The number of thiazole rings is 1. The van der Waals surface area contributed by atoms with Crippen LogP contribution in [0.2, 0.25) is 10.0 Å². The van der Waals surface area contributed by atoms with E-state index in [1.807, 2.05) is 5.38 Å². The lowest BCUT2D eigenvalue weighted by Crippen LogP contribution is -2.22. The highest BCUT2D eigenvalue weighted by molar-refractivity contribution is 7.09. The predicted molar refractivity (Wildman–Crippen MR) is 83.8 cm³/mol. The van der Waals surface area contributed by atoms with Crippen molar-refractivity contribution >= 4 is 40.4 Å². The van der Waals surface area contributed by atoms with Gasteiger partial charge in [0, 0.05) is 10.9 Å². The summed E-state index contributed by atoms with van der Waals surface area (Å²) in [6.07, 6.45) is 0. The number of halogens is 2. The van der Waals surface area contributed by atoms with E-state index in [9.17, 15) is 4.79 Å². The number of carbonyl (C=O) groups excluding carboxylic acids is 1. The van der Waals surface area contributed by atoms with Gasteiger partial charge < -0.3 is 5.32 Å². The molecular weight excluding hydrogens is 315 g/mol. The van der Waals surface area contributed by atoms with Gasteiger partial charge in [-0.15, -0.1) is 11.3 Å². The predicted octanol–water partition coefficient (Wildman–Crippen LogP) is 4.50. The van der Waals surface area contributed by atoms with Gasteiger partial charge in [-0.25, -0.2) is 4.98 Å². The number of carbonyl (C=O) groups is 1. The van der Waals surface area contributed by atoms with E-state index >= 15 is 0 Å². The molecule has 0 aliphatic carbocycles. The third-order valence-electron chi connectivity index (χ3n) is 2.74. The Morgan fingerprint density at radius 1 is 1.35 bits per heavy atom. The van der Waals surface area contributed by atoms with Gasteiger partial charge in [-0.2, -0.15) is 0 Å². The average Bonchev–Trinajstić information content (AvgIpc) is 2.88. The number of hydrogen-bond acceptors (Lipinski definition) is 3. The molecule has 0 radical (unpaired) electrons. The van der Waals surface area contributed by atoms with Crippen LogP contribution in [0.5, 0.6) is 0 Å². The first-order valence-electron chi connectivity index (χ1n) is 6.15. The molecule has 0 saturated carbocycles. The van der Waals surface area contributed by atoms with Crippen LogP contribution in [0.1, 0.15) is 40.8 Å². The van der Waals surface area contributed by atoms with Gasteiger partial charge in [-0.05, 0) is 24.1 Å². The van der Waals surface area contributed by atoms with Gasteiger partial charge in [0.05, 0.1) is 22.3 Å². The summed E-state index contributed by atoms with van der Waals surface area (Å²) in [5.74, 6) is 0.204. The summed E-state index contributed by atoms with van der Waals surface area (Å²) < 4.78 is 0.